The average molecular weight is 291 g/mol. The zero-order chi connectivity index (χ0) is 12.4. The summed E-state index contributed by atoms with van der Waals surface area (Å²) in [4.78, 5) is 17.8. The van der Waals surface area contributed by atoms with Gasteiger partial charge in [-0.15, -0.1) is 0 Å². The predicted octanol–water partition coefficient (Wildman–Crippen LogP) is 2.97. The molecule has 0 radical (unpaired) electrons. The van der Waals surface area contributed by atoms with E-state index in [4.69, 9.17) is 23.2 Å². The molecule has 6 heteroatoms. The standard InChI is InChI=1S/C11H12Cl2N2OS/c1-15(8-2-3-17-6-8)11(16)7-4-9(12)10(13)14-5-7/h4-5,8H,2-3,6H2,1H3. The molecule has 3 nitrogen and oxygen atoms in total. The third-order valence-electron chi connectivity index (χ3n) is 2.82. The Kier molecular flexibility index (Phi) is 4.17. The van der Waals surface area contributed by atoms with Crippen molar-refractivity contribution < 1.29 is 4.79 Å². The molecule has 0 aromatic carbocycles. The molecule has 0 spiro atoms. The van der Waals surface area contributed by atoms with Crippen LogP contribution >= 0.6 is 35.0 Å². The van der Waals surface area contributed by atoms with Crippen molar-refractivity contribution in [2.75, 3.05) is 18.6 Å². The predicted molar refractivity (Wildman–Crippen MR) is 72.1 cm³/mol. The molecule has 1 aromatic heterocycles. The molecule has 17 heavy (non-hydrogen) atoms. The van der Waals surface area contributed by atoms with Crippen molar-refractivity contribution in [1.29, 1.82) is 0 Å². The zero-order valence-corrected chi connectivity index (χ0v) is 11.6. The smallest absolute Gasteiger partial charge is 0.255 e. The van der Waals surface area contributed by atoms with Crippen LogP contribution in [0, 0.1) is 0 Å². The number of carbonyl (C=O) groups excluding carboxylic acids is 1. The van der Waals surface area contributed by atoms with E-state index in [2.05, 4.69) is 4.98 Å². The van der Waals surface area contributed by atoms with Crippen LogP contribution in [0.5, 0.6) is 0 Å². The van der Waals surface area contributed by atoms with Gasteiger partial charge >= 0.3 is 0 Å². The molecule has 0 aliphatic carbocycles. The van der Waals surface area contributed by atoms with Crippen molar-refractivity contribution in [3.8, 4) is 0 Å². The molecule has 0 saturated carbocycles. The van der Waals surface area contributed by atoms with Gasteiger partial charge in [-0.1, -0.05) is 23.2 Å². The quantitative estimate of drug-likeness (QED) is 0.785. The van der Waals surface area contributed by atoms with Crippen LogP contribution < -0.4 is 0 Å². The van der Waals surface area contributed by atoms with Crippen molar-refractivity contribution in [3.63, 3.8) is 0 Å². The SMILES string of the molecule is CN(C(=O)c1cnc(Cl)c(Cl)c1)C1CCSC1. The molecule has 0 bridgehead atoms. The van der Waals surface area contributed by atoms with E-state index in [-0.39, 0.29) is 11.1 Å². The first-order valence-corrected chi connectivity index (χ1v) is 7.16. The van der Waals surface area contributed by atoms with Crippen molar-refractivity contribution in [2.24, 2.45) is 0 Å². The fraction of sp³-hybridized carbons (Fsp3) is 0.455. The third kappa shape index (κ3) is 2.87. The van der Waals surface area contributed by atoms with E-state index in [1.807, 2.05) is 18.8 Å². The number of thioether (sulfide) groups is 1. The van der Waals surface area contributed by atoms with E-state index in [0.717, 1.165) is 17.9 Å². The number of carbonyl (C=O) groups is 1. The Balaban J connectivity index is 2.15. The lowest BCUT2D eigenvalue weighted by Crippen LogP contribution is -2.37. The Bertz CT molecular complexity index is 435. The lowest BCUT2D eigenvalue weighted by molar-refractivity contribution is 0.0747. The maximum atomic E-state index is 12.2. The number of nitrogens with zero attached hydrogens (tertiary/aromatic N) is 2. The third-order valence-corrected chi connectivity index (χ3v) is 4.65. The van der Waals surface area contributed by atoms with Crippen LogP contribution in [0.15, 0.2) is 12.3 Å². The summed E-state index contributed by atoms with van der Waals surface area (Å²) < 4.78 is 0. The number of halogens is 2. The molecule has 1 aliphatic rings. The van der Waals surface area contributed by atoms with Gasteiger partial charge in [-0.05, 0) is 18.2 Å². The molecule has 1 amide bonds. The van der Waals surface area contributed by atoms with E-state index in [1.54, 1.807) is 11.0 Å². The molecule has 1 aliphatic heterocycles. The normalized spacial score (nSPS) is 19.4. The molecular formula is C11H12Cl2N2OS. The fourth-order valence-electron chi connectivity index (χ4n) is 1.74. The van der Waals surface area contributed by atoms with E-state index >= 15 is 0 Å². The van der Waals surface area contributed by atoms with Gasteiger partial charge in [0.15, 0.2) is 0 Å². The minimum Gasteiger partial charge on any atom is -0.338 e. The first-order chi connectivity index (χ1) is 8.09. The Morgan fingerprint density at radius 2 is 2.35 bits per heavy atom. The highest BCUT2D eigenvalue weighted by atomic mass is 35.5. The Morgan fingerprint density at radius 1 is 1.59 bits per heavy atom. The second-order valence-corrected chi connectivity index (χ2v) is 5.85. The summed E-state index contributed by atoms with van der Waals surface area (Å²) in [6.07, 6.45) is 2.51. The number of hydrogen-bond acceptors (Lipinski definition) is 3. The molecule has 1 atom stereocenters. The second kappa shape index (κ2) is 5.46. The summed E-state index contributed by atoms with van der Waals surface area (Å²) in [5.74, 6) is 2.06. The van der Waals surface area contributed by atoms with Gasteiger partial charge < -0.3 is 4.90 Å². The Morgan fingerprint density at radius 3 is 2.94 bits per heavy atom. The highest BCUT2D eigenvalue weighted by Gasteiger charge is 2.25. The van der Waals surface area contributed by atoms with Crippen LogP contribution in [-0.2, 0) is 0 Å². The molecule has 2 rings (SSSR count). The van der Waals surface area contributed by atoms with Crippen LogP contribution in [0.3, 0.4) is 0 Å². The molecule has 1 saturated heterocycles. The van der Waals surface area contributed by atoms with Gasteiger partial charge in [0, 0.05) is 25.0 Å². The minimum absolute atomic E-state index is 0.0523. The van der Waals surface area contributed by atoms with Crippen LogP contribution in [0.2, 0.25) is 10.2 Å². The van der Waals surface area contributed by atoms with E-state index in [0.29, 0.717) is 16.6 Å². The second-order valence-electron chi connectivity index (χ2n) is 3.93. The molecule has 1 aromatic rings. The van der Waals surface area contributed by atoms with Crippen molar-refractivity contribution in [3.05, 3.63) is 28.0 Å². The first kappa shape index (κ1) is 13.0. The molecule has 92 valence electrons. The van der Waals surface area contributed by atoms with E-state index in [9.17, 15) is 4.79 Å². The number of hydrogen-bond donors (Lipinski definition) is 0. The highest BCUT2D eigenvalue weighted by Crippen LogP contribution is 2.24. The van der Waals surface area contributed by atoms with Gasteiger partial charge in [-0.2, -0.15) is 11.8 Å². The summed E-state index contributed by atoms with van der Waals surface area (Å²) >= 11 is 13.4. The van der Waals surface area contributed by atoms with Crippen molar-refractivity contribution >= 4 is 40.9 Å². The highest BCUT2D eigenvalue weighted by molar-refractivity contribution is 7.99. The zero-order valence-electron chi connectivity index (χ0n) is 9.32. The van der Waals surface area contributed by atoms with Crippen LogP contribution in [0.4, 0.5) is 0 Å². The number of pyridine rings is 1. The lowest BCUT2D eigenvalue weighted by atomic mass is 10.2. The molecule has 1 fully saturated rings. The van der Waals surface area contributed by atoms with Crippen molar-refractivity contribution in [2.45, 2.75) is 12.5 Å². The number of amides is 1. The van der Waals surface area contributed by atoms with Gasteiger partial charge in [0.05, 0.1) is 10.6 Å². The van der Waals surface area contributed by atoms with Crippen LogP contribution in [-0.4, -0.2) is 40.4 Å². The summed E-state index contributed by atoms with van der Waals surface area (Å²) in [5.41, 5.74) is 0.485. The topological polar surface area (TPSA) is 33.2 Å². The monoisotopic (exact) mass is 290 g/mol. The molecule has 2 heterocycles. The van der Waals surface area contributed by atoms with Gasteiger partial charge in [0.2, 0.25) is 0 Å². The molecule has 0 N–H and O–H groups in total. The van der Waals surface area contributed by atoms with Gasteiger partial charge in [0.25, 0.3) is 5.91 Å². The molecular weight excluding hydrogens is 279 g/mol. The summed E-state index contributed by atoms with van der Waals surface area (Å²) in [6.45, 7) is 0. The van der Waals surface area contributed by atoms with Crippen LogP contribution in [0.1, 0.15) is 16.8 Å². The average Bonchev–Trinajstić information content (AvgIpc) is 2.84. The molecule has 1 unspecified atom stereocenters. The maximum absolute atomic E-state index is 12.2. The van der Waals surface area contributed by atoms with Crippen LogP contribution in [0.25, 0.3) is 0 Å². The summed E-state index contributed by atoms with van der Waals surface area (Å²) in [5, 5.41) is 0.536. The number of aromatic nitrogens is 1. The van der Waals surface area contributed by atoms with Gasteiger partial charge in [-0.3, -0.25) is 4.79 Å². The summed E-state index contributed by atoms with van der Waals surface area (Å²) in [6, 6.07) is 1.87. The summed E-state index contributed by atoms with van der Waals surface area (Å²) in [7, 11) is 1.82. The maximum Gasteiger partial charge on any atom is 0.255 e. The lowest BCUT2D eigenvalue weighted by Gasteiger charge is -2.23. The first-order valence-electron chi connectivity index (χ1n) is 5.25. The van der Waals surface area contributed by atoms with E-state index < -0.39 is 0 Å². The van der Waals surface area contributed by atoms with Crippen molar-refractivity contribution in [1.82, 2.24) is 9.88 Å². The van der Waals surface area contributed by atoms with Gasteiger partial charge in [-0.25, -0.2) is 4.98 Å². The number of rotatable bonds is 2. The van der Waals surface area contributed by atoms with Gasteiger partial charge in [0.1, 0.15) is 5.15 Å². The Hall–Kier alpha value is -0.450. The fourth-order valence-corrected chi connectivity index (χ4v) is 3.27. The largest absolute Gasteiger partial charge is 0.338 e. The Labute approximate surface area is 114 Å². The minimum atomic E-state index is -0.0523. The van der Waals surface area contributed by atoms with E-state index in [1.165, 1.54) is 6.20 Å².